The molecule has 1 N–H and O–H groups in total. The van der Waals surface area contributed by atoms with Crippen LogP contribution in [0.2, 0.25) is 0 Å². The molecule has 6 nitrogen and oxygen atoms in total. The number of anilines is 1. The third-order valence-corrected chi connectivity index (χ3v) is 7.09. The van der Waals surface area contributed by atoms with Gasteiger partial charge in [-0.25, -0.2) is 9.97 Å². The second-order valence-corrected chi connectivity index (χ2v) is 9.33. The molecule has 0 radical (unpaired) electrons. The number of likely N-dealkylation sites (tertiary alicyclic amines) is 1. The van der Waals surface area contributed by atoms with Crippen LogP contribution < -0.4 is 5.32 Å². The van der Waals surface area contributed by atoms with Crippen LogP contribution in [-0.2, 0) is 16.1 Å². The van der Waals surface area contributed by atoms with Crippen LogP contribution in [0.4, 0.5) is 5.82 Å². The number of carbonyl (C=O) groups is 2. The number of benzene rings is 2. The van der Waals surface area contributed by atoms with Crippen LogP contribution in [0.25, 0.3) is 22.0 Å². The molecule has 162 valence electrons. The Morgan fingerprint density at radius 3 is 2.38 bits per heavy atom. The van der Waals surface area contributed by atoms with Crippen molar-refractivity contribution in [3.05, 3.63) is 54.4 Å². The number of nitrogens with one attached hydrogen (secondary N) is 1. The minimum absolute atomic E-state index is 0.0174. The molecule has 2 heterocycles. The summed E-state index contributed by atoms with van der Waals surface area (Å²) in [6.45, 7) is 0.351. The zero-order valence-electron chi connectivity index (χ0n) is 18.0. The van der Waals surface area contributed by atoms with E-state index in [0.29, 0.717) is 12.6 Å². The van der Waals surface area contributed by atoms with Crippen molar-refractivity contribution in [3.63, 3.8) is 0 Å². The van der Waals surface area contributed by atoms with Crippen LogP contribution in [0.5, 0.6) is 0 Å². The SMILES string of the molecule is O=C1C2CCCCC2C(=O)N1Cc1cccc(-c2ccc3ncnc(NC4CC4)c3c2)c1. The van der Waals surface area contributed by atoms with Crippen molar-refractivity contribution in [2.45, 2.75) is 51.1 Å². The molecule has 0 bridgehead atoms. The first-order valence-corrected chi connectivity index (χ1v) is 11.6. The lowest BCUT2D eigenvalue weighted by Crippen LogP contribution is -2.30. The maximum Gasteiger partial charge on any atom is 0.233 e. The number of hydrogen-bond acceptors (Lipinski definition) is 5. The van der Waals surface area contributed by atoms with Crippen molar-refractivity contribution >= 4 is 28.5 Å². The number of rotatable bonds is 5. The van der Waals surface area contributed by atoms with Gasteiger partial charge in [0.25, 0.3) is 0 Å². The predicted octanol–water partition coefficient (Wildman–Crippen LogP) is 4.55. The van der Waals surface area contributed by atoms with Gasteiger partial charge in [0.2, 0.25) is 11.8 Å². The molecule has 2 saturated carbocycles. The first kappa shape index (κ1) is 19.4. The lowest BCUT2D eigenvalue weighted by molar-refractivity contribution is -0.140. The maximum absolute atomic E-state index is 12.9. The Hall–Kier alpha value is -3.28. The van der Waals surface area contributed by atoms with E-state index < -0.39 is 0 Å². The molecule has 1 saturated heterocycles. The van der Waals surface area contributed by atoms with Crippen LogP contribution in [0.1, 0.15) is 44.1 Å². The third kappa shape index (κ3) is 3.44. The first-order valence-electron chi connectivity index (χ1n) is 11.6. The number of hydrogen-bond donors (Lipinski definition) is 1. The molecule has 6 heteroatoms. The molecule has 3 aromatic rings. The fraction of sp³-hybridized carbons (Fsp3) is 0.385. The Labute approximate surface area is 187 Å². The van der Waals surface area contributed by atoms with Gasteiger partial charge in [-0.15, -0.1) is 0 Å². The van der Waals surface area contributed by atoms with E-state index in [0.717, 1.165) is 59.1 Å². The minimum Gasteiger partial charge on any atom is -0.367 e. The quantitative estimate of drug-likeness (QED) is 0.606. The molecular weight excluding hydrogens is 400 g/mol. The summed E-state index contributed by atoms with van der Waals surface area (Å²) in [5.74, 6) is 0.716. The van der Waals surface area contributed by atoms with Gasteiger partial charge in [-0.1, -0.05) is 37.1 Å². The van der Waals surface area contributed by atoms with Gasteiger partial charge in [0.1, 0.15) is 12.1 Å². The zero-order chi connectivity index (χ0) is 21.7. The maximum atomic E-state index is 12.9. The Bertz CT molecular complexity index is 1200. The zero-order valence-corrected chi connectivity index (χ0v) is 18.0. The monoisotopic (exact) mass is 426 g/mol. The second kappa shape index (κ2) is 7.69. The highest BCUT2D eigenvalue weighted by Crippen LogP contribution is 2.39. The number of amides is 2. The van der Waals surface area contributed by atoms with E-state index in [9.17, 15) is 9.59 Å². The van der Waals surface area contributed by atoms with Crippen LogP contribution in [-0.4, -0.2) is 32.7 Å². The van der Waals surface area contributed by atoms with E-state index in [1.54, 1.807) is 6.33 Å². The van der Waals surface area contributed by atoms with Gasteiger partial charge in [-0.05, 0) is 60.6 Å². The summed E-state index contributed by atoms with van der Waals surface area (Å²) < 4.78 is 0. The topological polar surface area (TPSA) is 75.2 Å². The van der Waals surface area contributed by atoms with E-state index in [-0.39, 0.29) is 23.7 Å². The largest absolute Gasteiger partial charge is 0.367 e. The van der Waals surface area contributed by atoms with Crippen LogP contribution in [0.3, 0.4) is 0 Å². The first-order chi connectivity index (χ1) is 15.7. The van der Waals surface area contributed by atoms with Gasteiger partial charge in [-0.3, -0.25) is 14.5 Å². The van der Waals surface area contributed by atoms with Gasteiger partial charge < -0.3 is 5.32 Å². The molecule has 2 aromatic carbocycles. The highest BCUT2D eigenvalue weighted by Gasteiger charge is 2.47. The van der Waals surface area contributed by atoms with E-state index >= 15 is 0 Å². The highest BCUT2D eigenvalue weighted by molar-refractivity contribution is 6.05. The Morgan fingerprint density at radius 1 is 0.875 bits per heavy atom. The van der Waals surface area contributed by atoms with E-state index in [4.69, 9.17) is 0 Å². The molecule has 1 aromatic heterocycles. The van der Waals surface area contributed by atoms with Crippen molar-refractivity contribution in [2.75, 3.05) is 5.32 Å². The molecule has 2 atom stereocenters. The van der Waals surface area contributed by atoms with Crippen molar-refractivity contribution in [2.24, 2.45) is 11.8 Å². The molecule has 0 spiro atoms. The molecule has 6 rings (SSSR count). The van der Waals surface area contributed by atoms with Gasteiger partial charge in [0.05, 0.1) is 23.9 Å². The van der Waals surface area contributed by atoms with E-state index in [2.05, 4.69) is 39.6 Å². The summed E-state index contributed by atoms with van der Waals surface area (Å²) in [5, 5.41) is 4.51. The van der Waals surface area contributed by atoms with Gasteiger partial charge in [0, 0.05) is 11.4 Å². The summed E-state index contributed by atoms with van der Waals surface area (Å²) in [7, 11) is 0. The number of nitrogens with zero attached hydrogens (tertiary/aromatic N) is 3. The van der Waals surface area contributed by atoms with Gasteiger partial charge in [0.15, 0.2) is 0 Å². The van der Waals surface area contributed by atoms with Crippen LogP contribution in [0, 0.1) is 11.8 Å². The minimum atomic E-state index is -0.0997. The van der Waals surface area contributed by atoms with Crippen molar-refractivity contribution in [1.29, 1.82) is 0 Å². The average molecular weight is 427 g/mol. The summed E-state index contributed by atoms with van der Waals surface area (Å²) >= 11 is 0. The summed E-state index contributed by atoms with van der Waals surface area (Å²) in [6, 6.07) is 14.9. The third-order valence-electron chi connectivity index (χ3n) is 7.09. The molecule has 2 amide bonds. The number of aromatic nitrogens is 2. The molecular formula is C26H26N4O2. The molecule has 2 unspecified atom stereocenters. The second-order valence-electron chi connectivity index (χ2n) is 9.33. The van der Waals surface area contributed by atoms with Gasteiger partial charge >= 0.3 is 0 Å². The van der Waals surface area contributed by atoms with Crippen molar-refractivity contribution < 1.29 is 9.59 Å². The fourth-order valence-corrected chi connectivity index (χ4v) is 5.19. The van der Waals surface area contributed by atoms with Crippen LogP contribution >= 0.6 is 0 Å². The van der Waals surface area contributed by atoms with Crippen molar-refractivity contribution in [1.82, 2.24) is 14.9 Å². The summed E-state index contributed by atoms with van der Waals surface area (Å²) in [6.07, 6.45) is 7.77. The molecule has 3 fully saturated rings. The summed E-state index contributed by atoms with van der Waals surface area (Å²) in [4.78, 5) is 36.1. The standard InChI is InChI=1S/C26H26N4O2/c31-25-20-6-1-2-7-21(20)26(32)30(25)14-16-4-3-5-17(12-16)18-8-11-23-22(13-18)24(28-15-27-23)29-19-9-10-19/h3-5,8,11-13,15,19-21H,1-2,6-7,9-10,14H2,(H,27,28,29). The Balaban J connectivity index is 1.29. The molecule has 2 aliphatic carbocycles. The Morgan fingerprint density at radius 2 is 1.62 bits per heavy atom. The molecule has 32 heavy (non-hydrogen) atoms. The predicted molar refractivity (Wildman–Crippen MR) is 123 cm³/mol. The Kier molecular flexibility index (Phi) is 4.67. The number of fused-ring (bicyclic) bond motifs is 2. The van der Waals surface area contributed by atoms with Crippen molar-refractivity contribution in [3.8, 4) is 11.1 Å². The lowest BCUT2D eigenvalue weighted by Gasteiger charge is -2.19. The number of imide groups is 1. The highest BCUT2D eigenvalue weighted by atomic mass is 16.2. The lowest BCUT2D eigenvalue weighted by atomic mass is 9.81. The van der Waals surface area contributed by atoms with Crippen LogP contribution in [0.15, 0.2) is 48.8 Å². The summed E-state index contributed by atoms with van der Waals surface area (Å²) in [5.41, 5.74) is 4.02. The smallest absolute Gasteiger partial charge is 0.233 e. The fourth-order valence-electron chi connectivity index (χ4n) is 5.19. The van der Waals surface area contributed by atoms with Gasteiger partial charge in [-0.2, -0.15) is 0 Å². The average Bonchev–Trinajstić information content (AvgIpc) is 3.62. The van der Waals surface area contributed by atoms with E-state index in [1.807, 2.05) is 18.2 Å². The van der Waals surface area contributed by atoms with E-state index in [1.165, 1.54) is 17.7 Å². The molecule has 1 aliphatic heterocycles. The normalized spacial score (nSPS) is 22.9. The number of carbonyl (C=O) groups excluding carboxylic acids is 2. The molecule has 3 aliphatic rings.